The van der Waals surface area contributed by atoms with Gasteiger partial charge in [-0.25, -0.2) is 9.97 Å². The number of aromatic nitrogens is 4. The molecule has 4 aromatic heterocycles. The van der Waals surface area contributed by atoms with Gasteiger partial charge in [0.25, 0.3) is 11.8 Å². The van der Waals surface area contributed by atoms with E-state index in [4.69, 9.17) is 4.42 Å². The average Bonchev–Trinajstić information content (AvgIpc) is 3.43. The fourth-order valence-electron chi connectivity index (χ4n) is 3.94. The van der Waals surface area contributed by atoms with Crippen molar-refractivity contribution in [1.82, 2.24) is 29.3 Å². The fourth-order valence-corrected chi connectivity index (χ4v) is 3.94. The van der Waals surface area contributed by atoms with E-state index in [9.17, 15) is 9.59 Å². The van der Waals surface area contributed by atoms with Crippen LogP contribution in [0.25, 0.3) is 11.2 Å². The van der Waals surface area contributed by atoms with Crippen molar-refractivity contribution < 1.29 is 14.0 Å². The van der Waals surface area contributed by atoms with Gasteiger partial charge in [0.2, 0.25) is 0 Å². The number of pyridine rings is 2. The zero-order valence-corrected chi connectivity index (χ0v) is 17.4. The summed E-state index contributed by atoms with van der Waals surface area (Å²) in [6.45, 7) is 2.74. The summed E-state index contributed by atoms with van der Waals surface area (Å²) >= 11 is 0. The maximum absolute atomic E-state index is 13.1. The summed E-state index contributed by atoms with van der Waals surface area (Å²) in [5, 5.41) is 0. The van der Waals surface area contributed by atoms with Crippen LogP contribution >= 0.6 is 0 Å². The number of nitrogens with zero attached hydrogens (tertiary/aromatic N) is 6. The zero-order chi connectivity index (χ0) is 21.9. The summed E-state index contributed by atoms with van der Waals surface area (Å²) in [7, 11) is 0. The molecule has 9 nitrogen and oxygen atoms in total. The number of rotatable bonds is 4. The third-order valence-electron chi connectivity index (χ3n) is 5.62. The van der Waals surface area contributed by atoms with E-state index in [0.717, 1.165) is 11.2 Å². The Labute approximate surface area is 184 Å². The van der Waals surface area contributed by atoms with Gasteiger partial charge in [-0.15, -0.1) is 0 Å². The Balaban J connectivity index is 1.29. The van der Waals surface area contributed by atoms with E-state index in [1.165, 1.54) is 12.5 Å². The Morgan fingerprint density at radius 2 is 1.78 bits per heavy atom. The van der Waals surface area contributed by atoms with Crippen LogP contribution in [0, 0.1) is 0 Å². The molecule has 9 heteroatoms. The molecule has 2 amide bonds. The summed E-state index contributed by atoms with van der Waals surface area (Å²) in [4.78, 5) is 42.3. The Bertz CT molecular complexity index is 1240. The molecule has 1 saturated heterocycles. The molecule has 0 aromatic carbocycles. The molecule has 5 rings (SSSR count). The Kier molecular flexibility index (Phi) is 5.37. The number of fused-ring (bicyclic) bond motifs is 1. The predicted octanol–water partition coefficient (Wildman–Crippen LogP) is 2.46. The molecule has 0 radical (unpaired) electrons. The fraction of sp³-hybridized carbons (Fsp3) is 0.261. The molecular weight excluding hydrogens is 408 g/mol. The van der Waals surface area contributed by atoms with Crippen LogP contribution in [0.1, 0.15) is 32.7 Å². The summed E-state index contributed by atoms with van der Waals surface area (Å²) in [6, 6.07) is 7.33. The van der Waals surface area contributed by atoms with Crippen LogP contribution in [0.3, 0.4) is 0 Å². The molecule has 0 aliphatic carbocycles. The SMILES string of the molecule is O=C(c1ccoc1)N1CCCN(C(=O)c2cnc3c(c2)ncn3Cc2cccnc2)CC1. The largest absolute Gasteiger partial charge is 0.472 e. The molecule has 1 fully saturated rings. The Morgan fingerprint density at radius 3 is 2.50 bits per heavy atom. The smallest absolute Gasteiger partial charge is 0.257 e. The van der Waals surface area contributed by atoms with Gasteiger partial charge in [0.15, 0.2) is 5.65 Å². The lowest BCUT2D eigenvalue weighted by Gasteiger charge is -2.22. The first-order valence-corrected chi connectivity index (χ1v) is 10.5. The van der Waals surface area contributed by atoms with Crippen LogP contribution in [-0.4, -0.2) is 67.3 Å². The quantitative estimate of drug-likeness (QED) is 0.493. The van der Waals surface area contributed by atoms with Crippen LogP contribution in [0.2, 0.25) is 0 Å². The van der Waals surface area contributed by atoms with Gasteiger partial charge in [-0.1, -0.05) is 6.07 Å². The third-order valence-corrected chi connectivity index (χ3v) is 5.62. The summed E-state index contributed by atoms with van der Waals surface area (Å²) < 4.78 is 6.95. The van der Waals surface area contributed by atoms with Gasteiger partial charge in [-0.05, 0) is 30.2 Å². The van der Waals surface area contributed by atoms with Crippen LogP contribution in [0.5, 0.6) is 0 Å². The van der Waals surface area contributed by atoms with Crippen molar-refractivity contribution in [3.05, 3.63) is 78.4 Å². The van der Waals surface area contributed by atoms with Gasteiger partial charge in [0, 0.05) is 44.8 Å². The van der Waals surface area contributed by atoms with Crippen molar-refractivity contribution in [1.29, 1.82) is 0 Å². The number of amides is 2. The molecule has 0 bridgehead atoms. The summed E-state index contributed by atoms with van der Waals surface area (Å²) in [6.07, 6.45) is 10.5. The Morgan fingerprint density at radius 1 is 0.969 bits per heavy atom. The molecular formula is C23H22N6O3. The molecule has 5 heterocycles. The van der Waals surface area contributed by atoms with Crippen LogP contribution < -0.4 is 0 Å². The van der Waals surface area contributed by atoms with Crippen molar-refractivity contribution in [3.8, 4) is 0 Å². The number of furan rings is 1. The molecule has 0 N–H and O–H groups in total. The summed E-state index contributed by atoms with van der Waals surface area (Å²) in [5.74, 6) is -0.172. The van der Waals surface area contributed by atoms with Gasteiger partial charge in [0.1, 0.15) is 11.8 Å². The first-order chi connectivity index (χ1) is 15.7. The highest BCUT2D eigenvalue weighted by atomic mass is 16.3. The molecule has 1 aliphatic rings. The van der Waals surface area contributed by atoms with E-state index in [-0.39, 0.29) is 11.8 Å². The van der Waals surface area contributed by atoms with Crippen molar-refractivity contribution >= 4 is 23.0 Å². The minimum Gasteiger partial charge on any atom is -0.472 e. The molecule has 162 valence electrons. The zero-order valence-electron chi connectivity index (χ0n) is 17.4. The van der Waals surface area contributed by atoms with Gasteiger partial charge >= 0.3 is 0 Å². The lowest BCUT2D eigenvalue weighted by molar-refractivity contribution is 0.0718. The van der Waals surface area contributed by atoms with E-state index in [0.29, 0.717) is 55.8 Å². The van der Waals surface area contributed by atoms with Crippen LogP contribution in [0.15, 0.2) is 66.1 Å². The average molecular weight is 430 g/mol. The van der Waals surface area contributed by atoms with Crippen molar-refractivity contribution in [2.24, 2.45) is 0 Å². The van der Waals surface area contributed by atoms with E-state index in [1.54, 1.807) is 40.7 Å². The number of carbonyl (C=O) groups is 2. The lowest BCUT2D eigenvalue weighted by Crippen LogP contribution is -2.37. The first kappa shape index (κ1) is 19.9. The second-order valence-electron chi connectivity index (χ2n) is 7.75. The van der Waals surface area contributed by atoms with Crippen molar-refractivity contribution in [2.45, 2.75) is 13.0 Å². The van der Waals surface area contributed by atoms with E-state index in [2.05, 4.69) is 15.0 Å². The highest BCUT2D eigenvalue weighted by Gasteiger charge is 2.24. The van der Waals surface area contributed by atoms with E-state index >= 15 is 0 Å². The molecule has 0 atom stereocenters. The van der Waals surface area contributed by atoms with Crippen LogP contribution in [-0.2, 0) is 6.54 Å². The number of hydrogen-bond donors (Lipinski definition) is 0. The van der Waals surface area contributed by atoms with Crippen molar-refractivity contribution in [3.63, 3.8) is 0 Å². The van der Waals surface area contributed by atoms with Crippen LogP contribution in [0.4, 0.5) is 0 Å². The number of hydrogen-bond acceptors (Lipinski definition) is 6. The highest BCUT2D eigenvalue weighted by molar-refractivity contribution is 5.97. The molecule has 4 aromatic rings. The monoisotopic (exact) mass is 430 g/mol. The molecule has 1 aliphatic heterocycles. The maximum Gasteiger partial charge on any atom is 0.257 e. The van der Waals surface area contributed by atoms with E-state index < -0.39 is 0 Å². The molecule has 0 saturated carbocycles. The predicted molar refractivity (Wildman–Crippen MR) is 116 cm³/mol. The molecule has 0 spiro atoms. The van der Waals surface area contributed by atoms with E-state index in [1.807, 2.05) is 22.9 Å². The minimum atomic E-state index is -0.0983. The van der Waals surface area contributed by atoms with Gasteiger partial charge < -0.3 is 18.8 Å². The first-order valence-electron chi connectivity index (χ1n) is 10.5. The highest BCUT2D eigenvalue weighted by Crippen LogP contribution is 2.17. The standard InChI is InChI=1S/C23H22N6O3/c30-22(18-4-10-32-15-18)27-6-2-7-28(9-8-27)23(31)19-11-20-21(25-13-19)29(16-26-20)14-17-3-1-5-24-12-17/h1,3-5,10-13,15-16H,2,6-9,14H2. The second-order valence-corrected chi connectivity index (χ2v) is 7.75. The number of imidazole rings is 1. The third kappa shape index (κ3) is 3.96. The van der Waals surface area contributed by atoms with Gasteiger partial charge in [-0.3, -0.25) is 14.6 Å². The lowest BCUT2D eigenvalue weighted by atomic mass is 10.2. The Hall–Kier alpha value is -4.01. The maximum atomic E-state index is 13.1. The number of carbonyl (C=O) groups excluding carboxylic acids is 2. The molecule has 32 heavy (non-hydrogen) atoms. The summed E-state index contributed by atoms with van der Waals surface area (Å²) in [5.41, 5.74) is 3.47. The minimum absolute atomic E-state index is 0.0738. The normalized spacial score (nSPS) is 14.5. The second kappa shape index (κ2) is 8.62. The molecule has 0 unspecified atom stereocenters. The van der Waals surface area contributed by atoms with Gasteiger partial charge in [0.05, 0.1) is 30.3 Å². The topological polar surface area (TPSA) is 97.4 Å². The van der Waals surface area contributed by atoms with Crippen molar-refractivity contribution in [2.75, 3.05) is 26.2 Å². The van der Waals surface area contributed by atoms with Gasteiger partial charge in [-0.2, -0.15) is 0 Å².